The number of likely N-dealkylation sites (tertiary alicyclic amines) is 1. The third-order valence-electron chi connectivity index (χ3n) is 6.19. The molecule has 1 unspecified atom stereocenters. The van der Waals surface area contributed by atoms with E-state index in [1.165, 1.54) is 32.1 Å². The van der Waals surface area contributed by atoms with Crippen LogP contribution >= 0.6 is 0 Å². The minimum absolute atomic E-state index is 0.00783. The molecule has 7 nitrogen and oxygen atoms in total. The molecule has 2 aliphatic rings. The Labute approximate surface area is 177 Å². The van der Waals surface area contributed by atoms with Gasteiger partial charge in [-0.2, -0.15) is 4.98 Å². The summed E-state index contributed by atoms with van der Waals surface area (Å²) in [5.41, 5.74) is 0.669. The number of benzene rings is 1. The lowest BCUT2D eigenvalue weighted by molar-refractivity contribution is -0.121. The predicted molar refractivity (Wildman–Crippen MR) is 112 cm³/mol. The fraction of sp³-hybridized carbons (Fsp3) is 0.565. The largest absolute Gasteiger partial charge is 0.356 e. The van der Waals surface area contributed by atoms with Crippen LogP contribution in [0.15, 0.2) is 34.9 Å². The second-order valence-electron chi connectivity index (χ2n) is 8.38. The molecule has 0 bridgehead atoms. The predicted octanol–water partition coefficient (Wildman–Crippen LogP) is 3.68. The van der Waals surface area contributed by atoms with E-state index in [0.717, 1.165) is 19.4 Å². The van der Waals surface area contributed by atoms with Crippen molar-refractivity contribution in [2.45, 2.75) is 63.8 Å². The summed E-state index contributed by atoms with van der Waals surface area (Å²) < 4.78 is 5.38. The fourth-order valence-corrected chi connectivity index (χ4v) is 4.49. The minimum Gasteiger partial charge on any atom is -0.356 e. The molecule has 4 rings (SSSR count). The molecule has 30 heavy (non-hydrogen) atoms. The van der Waals surface area contributed by atoms with E-state index in [0.29, 0.717) is 42.6 Å². The summed E-state index contributed by atoms with van der Waals surface area (Å²) in [4.78, 5) is 31.3. The van der Waals surface area contributed by atoms with Gasteiger partial charge < -0.3 is 14.7 Å². The van der Waals surface area contributed by atoms with Gasteiger partial charge in [0.2, 0.25) is 11.8 Å². The first kappa shape index (κ1) is 20.6. The lowest BCUT2D eigenvalue weighted by Gasteiger charge is -2.22. The Bertz CT molecular complexity index is 845. The number of aryl methyl sites for hydroxylation is 1. The zero-order chi connectivity index (χ0) is 20.8. The van der Waals surface area contributed by atoms with Crippen molar-refractivity contribution < 1.29 is 14.1 Å². The maximum absolute atomic E-state index is 12.8. The van der Waals surface area contributed by atoms with Crippen molar-refractivity contribution in [3.8, 4) is 0 Å². The molecule has 1 aromatic heterocycles. The normalized spacial score (nSPS) is 19.7. The van der Waals surface area contributed by atoms with Crippen LogP contribution in [-0.2, 0) is 11.2 Å². The molecule has 2 heterocycles. The molecule has 2 aromatic rings. The lowest BCUT2D eigenvalue weighted by atomic mass is 9.89. The third kappa shape index (κ3) is 5.07. The molecule has 2 amide bonds. The Kier molecular flexibility index (Phi) is 6.77. The van der Waals surface area contributed by atoms with Crippen molar-refractivity contribution in [2.24, 2.45) is 5.92 Å². The van der Waals surface area contributed by atoms with Gasteiger partial charge in [0.25, 0.3) is 5.91 Å². The number of aromatic nitrogens is 2. The monoisotopic (exact) mass is 410 g/mol. The molecule has 1 atom stereocenters. The maximum atomic E-state index is 12.8. The molecule has 7 heteroatoms. The topological polar surface area (TPSA) is 88.3 Å². The number of amides is 2. The van der Waals surface area contributed by atoms with E-state index in [-0.39, 0.29) is 17.9 Å². The molecule has 1 N–H and O–H groups in total. The van der Waals surface area contributed by atoms with E-state index in [2.05, 4.69) is 15.5 Å². The van der Waals surface area contributed by atoms with Gasteiger partial charge in [-0.05, 0) is 43.7 Å². The number of carbonyl (C=O) groups excluding carboxylic acids is 2. The quantitative estimate of drug-likeness (QED) is 0.752. The van der Waals surface area contributed by atoms with Crippen LogP contribution in [-0.4, -0.2) is 39.9 Å². The standard InChI is InChI=1S/C23H30N4O3/c28-20(24-16-17-8-3-1-4-9-17)13-14-21-25-22(26-30-21)19-12-7-15-27(19)23(29)18-10-5-2-6-11-18/h2,5-6,10-11,17,19H,1,3-4,7-9,12-16H2,(H,24,28). The van der Waals surface area contributed by atoms with Crippen molar-refractivity contribution in [3.05, 3.63) is 47.6 Å². The van der Waals surface area contributed by atoms with Gasteiger partial charge in [-0.1, -0.05) is 42.6 Å². The zero-order valence-electron chi connectivity index (χ0n) is 17.4. The highest BCUT2D eigenvalue weighted by Gasteiger charge is 2.33. The number of carbonyl (C=O) groups is 2. The van der Waals surface area contributed by atoms with E-state index in [9.17, 15) is 9.59 Å². The first-order chi connectivity index (χ1) is 14.7. The molecular formula is C23H30N4O3. The van der Waals surface area contributed by atoms with Crippen LogP contribution in [0.5, 0.6) is 0 Å². The van der Waals surface area contributed by atoms with Crippen molar-refractivity contribution >= 4 is 11.8 Å². The van der Waals surface area contributed by atoms with Crippen molar-refractivity contribution in [1.82, 2.24) is 20.4 Å². The van der Waals surface area contributed by atoms with Gasteiger partial charge in [0.15, 0.2) is 5.82 Å². The Morgan fingerprint density at radius 1 is 1.07 bits per heavy atom. The second-order valence-corrected chi connectivity index (χ2v) is 8.38. The second kappa shape index (κ2) is 9.87. The summed E-state index contributed by atoms with van der Waals surface area (Å²) in [6.45, 7) is 1.46. The molecule has 1 saturated heterocycles. The number of rotatable bonds is 7. The highest BCUT2D eigenvalue weighted by molar-refractivity contribution is 5.94. The van der Waals surface area contributed by atoms with Gasteiger partial charge >= 0.3 is 0 Å². The highest BCUT2D eigenvalue weighted by atomic mass is 16.5. The number of nitrogens with zero attached hydrogens (tertiary/aromatic N) is 3. The zero-order valence-corrected chi connectivity index (χ0v) is 17.4. The van der Waals surface area contributed by atoms with Crippen molar-refractivity contribution in [1.29, 1.82) is 0 Å². The van der Waals surface area contributed by atoms with Gasteiger partial charge in [0.05, 0.1) is 6.04 Å². The van der Waals surface area contributed by atoms with Gasteiger partial charge in [-0.15, -0.1) is 0 Å². The summed E-state index contributed by atoms with van der Waals surface area (Å²) in [6, 6.07) is 9.11. The number of nitrogens with one attached hydrogen (secondary N) is 1. The highest BCUT2D eigenvalue weighted by Crippen LogP contribution is 2.31. The third-order valence-corrected chi connectivity index (χ3v) is 6.19. The van der Waals surface area contributed by atoms with Crippen molar-refractivity contribution in [2.75, 3.05) is 13.1 Å². The van der Waals surface area contributed by atoms with E-state index < -0.39 is 0 Å². The van der Waals surface area contributed by atoms with Gasteiger partial charge in [-0.3, -0.25) is 9.59 Å². The van der Waals surface area contributed by atoms with Crippen LogP contribution < -0.4 is 5.32 Å². The van der Waals surface area contributed by atoms with E-state index in [4.69, 9.17) is 4.52 Å². The Morgan fingerprint density at radius 3 is 2.67 bits per heavy atom. The molecule has 1 aliphatic carbocycles. The molecule has 1 saturated carbocycles. The molecule has 1 aromatic carbocycles. The van der Waals surface area contributed by atoms with Crippen LogP contribution in [0.4, 0.5) is 0 Å². The summed E-state index contributed by atoms with van der Waals surface area (Å²) >= 11 is 0. The van der Waals surface area contributed by atoms with Crippen LogP contribution in [0, 0.1) is 5.92 Å². The van der Waals surface area contributed by atoms with Crippen LogP contribution in [0.3, 0.4) is 0 Å². The molecule has 1 aliphatic heterocycles. The van der Waals surface area contributed by atoms with Gasteiger partial charge in [-0.25, -0.2) is 0 Å². The summed E-state index contributed by atoms with van der Waals surface area (Å²) in [5, 5.41) is 7.15. The summed E-state index contributed by atoms with van der Waals surface area (Å²) in [5.74, 6) is 1.63. The van der Waals surface area contributed by atoms with Gasteiger partial charge in [0, 0.05) is 31.5 Å². The number of hydrogen-bond acceptors (Lipinski definition) is 5. The Morgan fingerprint density at radius 2 is 1.87 bits per heavy atom. The van der Waals surface area contributed by atoms with Crippen LogP contribution in [0.1, 0.15) is 79.5 Å². The van der Waals surface area contributed by atoms with E-state index in [1.807, 2.05) is 35.2 Å². The molecule has 160 valence electrons. The molecule has 0 spiro atoms. The SMILES string of the molecule is O=C(CCc1nc(C2CCCN2C(=O)c2ccccc2)no1)NCC1CCCCC1. The van der Waals surface area contributed by atoms with E-state index in [1.54, 1.807) is 0 Å². The average Bonchev–Trinajstić information content (AvgIpc) is 3.46. The Balaban J connectivity index is 1.29. The average molecular weight is 411 g/mol. The molecular weight excluding hydrogens is 380 g/mol. The first-order valence-corrected chi connectivity index (χ1v) is 11.2. The lowest BCUT2D eigenvalue weighted by Crippen LogP contribution is -2.31. The van der Waals surface area contributed by atoms with Crippen LogP contribution in [0.2, 0.25) is 0 Å². The van der Waals surface area contributed by atoms with Crippen LogP contribution in [0.25, 0.3) is 0 Å². The van der Waals surface area contributed by atoms with Gasteiger partial charge in [0.1, 0.15) is 0 Å². The fourth-order valence-electron chi connectivity index (χ4n) is 4.49. The molecule has 0 radical (unpaired) electrons. The Hall–Kier alpha value is -2.70. The molecule has 2 fully saturated rings. The summed E-state index contributed by atoms with van der Waals surface area (Å²) in [7, 11) is 0. The van der Waals surface area contributed by atoms with E-state index >= 15 is 0 Å². The number of hydrogen-bond donors (Lipinski definition) is 1. The smallest absolute Gasteiger partial charge is 0.254 e. The minimum atomic E-state index is -0.171. The summed E-state index contributed by atoms with van der Waals surface area (Å²) in [6.07, 6.45) is 8.79. The first-order valence-electron chi connectivity index (χ1n) is 11.2. The van der Waals surface area contributed by atoms with Crippen molar-refractivity contribution in [3.63, 3.8) is 0 Å². The maximum Gasteiger partial charge on any atom is 0.254 e.